The molecule has 0 aliphatic carbocycles. The average molecular weight is 760 g/mol. The predicted molar refractivity (Wildman–Crippen MR) is 236 cm³/mol. The molecule has 0 fully saturated rings. The number of aliphatic hydroxyl groups excluding tert-OH is 3. The molecule has 0 aromatic heterocycles. The van der Waals surface area contributed by atoms with Crippen LogP contribution in [0.3, 0.4) is 0 Å². The predicted octanol–water partition coefficient (Wildman–Crippen LogP) is 13.9. The smallest absolute Gasteiger partial charge is 0.249 e. The van der Waals surface area contributed by atoms with E-state index in [1.54, 1.807) is 6.08 Å². The topological polar surface area (TPSA) is 89.8 Å². The van der Waals surface area contributed by atoms with Gasteiger partial charge < -0.3 is 20.6 Å². The molecular weight excluding hydrogens is 667 g/mol. The summed E-state index contributed by atoms with van der Waals surface area (Å²) in [4.78, 5) is 12.4. The van der Waals surface area contributed by atoms with Crippen molar-refractivity contribution in [1.82, 2.24) is 5.32 Å². The van der Waals surface area contributed by atoms with E-state index in [-0.39, 0.29) is 6.61 Å². The number of carbonyl (C=O) groups is 1. The highest BCUT2D eigenvalue weighted by atomic mass is 16.3. The Labute approximate surface area is 336 Å². The van der Waals surface area contributed by atoms with E-state index in [2.05, 4.69) is 43.5 Å². The van der Waals surface area contributed by atoms with E-state index in [1.165, 1.54) is 186 Å². The molecule has 5 nitrogen and oxygen atoms in total. The molecule has 5 heteroatoms. The van der Waals surface area contributed by atoms with E-state index in [0.717, 1.165) is 38.5 Å². The first kappa shape index (κ1) is 52.6. The molecule has 0 aliphatic rings. The van der Waals surface area contributed by atoms with Gasteiger partial charge >= 0.3 is 0 Å². The Morgan fingerprint density at radius 3 is 1.15 bits per heavy atom. The number of amides is 1. The first-order valence-corrected chi connectivity index (χ1v) is 23.8. The van der Waals surface area contributed by atoms with Crippen molar-refractivity contribution >= 4 is 5.91 Å². The maximum Gasteiger partial charge on any atom is 0.249 e. The van der Waals surface area contributed by atoms with E-state index in [9.17, 15) is 20.1 Å². The van der Waals surface area contributed by atoms with Crippen LogP contribution in [-0.2, 0) is 4.79 Å². The first-order chi connectivity index (χ1) is 26.6. The molecule has 0 saturated carbocycles. The number of nitrogens with one attached hydrogen (secondary N) is 1. The van der Waals surface area contributed by atoms with Gasteiger partial charge in [0.2, 0.25) is 5.91 Å². The van der Waals surface area contributed by atoms with Gasteiger partial charge in [0.05, 0.1) is 18.8 Å². The number of rotatable bonds is 43. The van der Waals surface area contributed by atoms with Gasteiger partial charge in [-0.2, -0.15) is 0 Å². The largest absolute Gasteiger partial charge is 0.394 e. The summed E-state index contributed by atoms with van der Waals surface area (Å²) in [6.45, 7) is 4.14. The Kier molecular flexibility index (Phi) is 43.1. The standard InChI is InChI=1S/C49H93NO4/c1-3-5-7-9-11-13-15-16-17-18-19-20-21-22-23-24-25-26-27-28-29-30-31-32-33-34-36-38-40-42-44-48(53)49(54)50-46(45-51)47(52)43-41-39-37-35-14-12-10-8-6-4-2/h14,22-23,35,41,43,46-48,51-53H,3-13,15-21,24-34,36-40,42,44-45H2,1-2H3,(H,50,54)/b23-22-,35-14+,43-41+. The van der Waals surface area contributed by atoms with Crippen LogP contribution < -0.4 is 5.32 Å². The van der Waals surface area contributed by atoms with E-state index >= 15 is 0 Å². The quantitative estimate of drug-likeness (QED) is 0.0368. The molecule has 0 heterocycles. The van der Waals surface area contributed by atoms with Gasteiger partial charge in [-0.05, 0) is 57.8 Å². The summed E-state index contributed by atoms with van der Waals surface area (Å²) in [5.74, 6) is -0.514. The van der Waals surface area contributed by atoms with Gasteiger partial charge in [-0.3, -0.25) is 4.79 Å². The summed E-state index contributed by atoms with van der Waals surface area (Å²) < 4.78 is 0. The number of unbranched alkanes of at least 4 members (excludes halogenated alkanes) is 31. The normalized spacial score (nSPS) is 13.8. The third kappa shape index (κ3) is 38.8. The summed E-state index contributed by atoms with van der Waals surface area (Å²) in [6.07, 6.45) is 56.4. The van der Waals surface area contributed by atoms with E-state index in [1.807, 2.05) is 6.08 Å². The maximum absolute atomic E-state index is 12.4. The number of hydrogen-bond acceptors (Lipinski definition) is 4. The van der Waals surface area contributed by atoms with Crippen LogP contribution in [0.2, 0.25) is 0 Å². The number of carbonyl (C=O) groups excluding carboxylic acids is 1. The molecular formula is C49H93NO4. The number of hydrogen-bond donors (Lipinski definition) is 4. The summed E-state index contributed by atoms with van der Waals surface area (Å²) in [5.41, 5.74) is 0. The lowest BCUT2D eigenvalue weighted by molar-refractivity contribution is -0.131. The van der Waals surface area contributed by atoms with Crippen LogP contribution in [0.15, 0.2) is 36.5 Å². The van der Waals surface area contributed by atoms with Crippen molar-refractivity contribution in [2.45, 2.75) is 263 Å². The van der Waals surface area contributed by atoms with Crippen LogP contribution in [0.25, 0.3) is 0 Å². The Balaban J connectivity index is 3.52. The molecule has 3 atom stereocenters. The zero-order valence-electron chi connectivity index (χ0n) is 36.1. The van der Waals surface area contributed by atoms with E-state index < -0.39 is 24.2 Å². The highest BCUT2D eigenvalue weighted by molar-refractivity contribution is 5.80. The molecule has 0 radical (unpaired) electrons. The van der Waals surface area contributed by atoms with Gasteiger partial charge in [-0.15, -0.1) is 0 Å². The minimum absolute atomic E-state index is 0.376. The Morgan fingerprint density at radius 2 is 0.759 bits per heavy atom. The van der Waals surface area contributed by atoms with Gasteiger partial charge in [0.25, 0.3) is 0 Å². The average Bonchev–Trinajstić information content (AvgIpc) is 3.18. The molecule has 0 saturated heterocycles. The van der Waals surface area contributed by atoms with E-state index in [0.29, 0.717) is 6.42 Å². The van der Waals surface area contributed by atoms with Crippen molar-refractivity contribution in [2.24, 2.45) is 0 Å². The first-order valence-electron chi connectivity index (χ1n) is 23.8. The molecule has 0 aromatic carbocycles. The lowest BCUT2D eigenvalue weighted by Gasteiger charge is -2.21. The lowest BCUT2D eigenvalue weighted by atomic mass is 10.0. The van der Waals surface area contributed by atoms with Gasteiger partial charge in [0, 0.05) is 0 Å². The third-order valence-corrected chi connectivity index (χ3v) is 11.0. The van der Waals surface area contributed by atoms with Crippen LogP contribution in [-0.4, -0.2) is 46.1 Å². The van der Waals surface area contributed by atoms with Crippen LogP contribution in [0, 0.1) is 0 Å². The van der Waals surface area contributed by atoms with Gasteiger partial charge in [-0.1, -0.05) is 224 Å². The van der Waals surface area contributed by atoms with Crippen LogP contribution in [0.4, 0.5) is 0 Å². The second-order valence-electron chi connectivity index (χ2n) is 16.3. The summed E-state index contributed by atoms with van der Waals surface area (Å²) >= 11 is 0. The molecule has 0 aliphatic heterocycles. The zero-order valence-corrected chi connectivity index (χ0v) is 36.1. The molecule has 3 unspecified atom stereocenters. The van der Waals surface area contributed by atoms with Crippen molar-refractivity contribution in [2.75, 3.05) is 6.61 Å². The highest BCUT2D eigenvalue weighted by Crippen LogP contribution is 2.16. The Morgan fingerprint density at radius 1 is 0.444 bits per heavy atom. The fourth-order valence-electron chi connectivity index (χ4n) is 7.20. The minimum atomic E-state index is -1.10. The molecule has 1 amide bonds. The molecule has 0 rings (SSSR count). The summed E-state index contributed by atoms with van der Waals surface area (Å²) in [6, 6.07) is -0.811. The Hall–Kier alpha value is -1.43. The van der Waals surface area contributed by atoms with E-state index in [4.69, 9.17) is 0 Å². The van der Waals surface area contributed by atoms with Crippen LogP contribution in [0.5, 0.6) is 0 Å². The summed E-state index contributed by atoms with van der Waals surface area (Å²) in [5, 5.41) is 33.0. The van der Waals surface area contributed by atoms with Crippen molar-refractivity contribution in [3.63, 3.8) is 0 Å². The fraction of sp³-hybridized carbons (Fsp3) is 0.857. The van der Waals surface area contributed by atoms with Crippen molar-refractivity contribution in [3.8, 4) is 0 Å². The molecule has 0 spiro atoms. The van der Waals surface area contributed by atoms with Crippen molar-refractivity contribution in [3.05, 3.63) is 36.5 Å². The molecule has 0 aromatic rings. The number of aliphatic hydroxyl groups is 3. The van der Waals surface area contributed by atoms with Gasteiger partial charge in [-0.25, -0.2) is 0 Å². The molecule has 0 bridgehead atoms. The van der Waals surface area contributed by atoms with Crippen molar-refractivity contribution in [1.29, 1.82) is 0 Å². The maximum atomic E-state index is 12.4. The fourth-order valence-corrected chi connectivity index (χ4v) is 7.20. The minimum Gasteiger partial charge on any atom is -0.394 e. The second-order valence-corrected chi connectivity index (χ2v) is 16.3. The van der Waals surface area contributed by atoms with Gasteiger partial charge in [0.15, 0.2) is 0 Å². The molecule has 4 N–H and O–H groups in total. The zero-order chi connectivity index (χ0) is 39.4. The SMILES string of the molecule is CCCCCC/C=C/CC/C=C/C(O)C(CO)NC(=O)C(O)CCCCCCCCCCCCCCCC/C=C\CCCCCCCCCCCCCC. The number of allylic oxidation sites excluding steroid dienone is 5. The Bertz CT molecular complexity index is 840. The van der Waals surface area contributed by atoms with Crippen LogP contribution >= 0.6 is 0 Å². The lowest BCUT2D eigenvalue weighted by Crippen LogP contribution is -2.48. The summed E-state index contributed by atoms with van der Waals surface area (Å²) in [7, 11) is 0. The monoisotopic (exact) mass is 760 g/mol. The van der Waals surface area contributed by atoms with Crippen LogP contribution in [0.1, 0.15) is 245 Å². The second kappa shape index (κ2) is 44.3. The highest BCUT2D eigenvalue weighted by Gasteiger charge is 2.22. The van der Waals surface area contributed by atoms with Gasteiger partial charge in [0.1, 0.15) is 6.10 Å². The molecule has 54 heavy (non-hydrogen) atoms. The third-order valence-electron chi connectivity index (χ3n) is 11.0. The van der Waals surface area contributed by atoms with Crippen molar-refractivity contribution < 1.29 is 20.1 Å². The molecule has 318 valence electrons.